The molecule has 0 spiro atoms. The van der Waals surface area contributed by atoms with Crippen LogP contribution in [0.5, 0.6) is 0 Å². The summed E-state index contributed by atoms with van der Waals surface area (Å²) in [7, 11) is 0. The van der Waals surface area contributed by atoms with Gasteiger partial charge < -0.3 is 5.32 Å². The Morgan fingerprint density at radius 1 is 1.15 bits per heavy atom. The molecule has 3 rings (SSSR count). The lowest BCUT2D eigenvalue weighted by molar-refractivity contribution is 0.676. The zero-order chi connectivity index (χ0) is 13.8. The van der Waals surface area contributed by atoms with Crippen molar-refractivity contribution in [3.63, 3.8) is 0 Å². The summed E-state index contributed by atoms with van der Waals surface area (Å²) in [5.74, 6) is 0.879. The number of pyridine rings is 1. The molecule has 0 aliphatic rings. The molecule has 0 radical (unpaired) electrons. The Bertz CT molecular complexity index is 689. The van der Waals surface area contributed by atoms with Crippen molar-refractivity contribution in [2.24, 2.45) is 0 Å². The maximum Gasteiger partial charge on any atom is 0.161 e. The van der Waals surface area contributed by atoms with Gasteiger partial charge in [-0.05, 0) is 30.0 Å². The number of hydrogen-bond acceptors (Lipinski definition) is 3. The Morgan fingerprint density at radius 3 is 2.75 bits per heavy atom. The van der Waals surface area contributed by atoms with Gasteiger partial charge in [0.25, 0.3) is 0 Å². The molecular weight excluding hydrogens is 248 g/mol. The highest BCUT2D eigenvalue weighted by molar-refractivity contribution is 5.90. The van der Waals surface area contributed by atoms with Crippen LogP contribution in [0.15, 0.2) is 48.9 Å². The molecule has 20 heavy (non-hydrogen) atoms. The van der Waals surface area contributed by atoms with Crippen LogP contribution in [0.25, 0.3) is 16.6 Å². The molecule has 1 aromatic carbocycles. The van der Waals surface area contributed by atoms with E-state index in [1.807, 2.05) is 29.2 Å². The van der Waals surface area contributed by atoms with Crippen molar-refractivity contribution in [1.29, 1.82) is 0 Å². The zero-order valence-corrected chi connectivity index (χ0v) is 11.6. The van der Waals surface area contributed by atoms with Gasteiger partial charge >= 0.3 is 0 Å². The summed E-state index contributed by atoms with van der Waals surface area (Å²) in [5, 5.41) is 10.1. The van der Waals surface area contributed by atoms with Crippen LogP contribution >= 0.6 is 0 Å². The molecule has 4 nitrogen and oxygen atoms in total. The average molecular weight is 266 g/mol. The molecule has 0 bridgehead atoms. The van der Waals surface area contributed by atoms with Crippen LogP contribution in [0.1, 0.15) is 18.9 Å². The minimum absolute atomic E-state index is 0.848. The number of nitrogens with one attached hydrogen (secondary N) is 1. The Morgan fingerprint density at radius 2 is 2.00 bits per heavy atom. The van der Waals surface area contributed by atoms with Gasteiger partial charge in [-0.1, -0.05) is 31.2 Å². The standard InChI is InChI=1S/C16H18N4/c1-2-8-17-11-13-12-18-16(20-10-5-9-19-20)15-7-4-3-6-14(13)15/h3-7,9-10,12,17H,2,8,11H2,1H3. The molecule has 0 fully saturated rings. The Kier molecular flexibility index (Phi) is 3.74. The third-order valence-electron chi connectivity index (χ3n) is 3.32. The molecule has 0 unspecified atom stereocenters. The van der Waals surface area contributed by atoms with E-state index in [4.69, 9.17) is 0 Å². The summed E-state index contributed by atoms with van der Waals surface area (Å²) in [6.45, 7) is 4.04. The minimum Gasteiger partial charge on any atom is -0.313 e. The van der Waals surface area contributed by atoms with E-state index in [2.05, 4.69) is 40.5 Å². The predicted octanol–water partition coefficient (Wildman–Crippen LogP) is 2.92. The summed E-state index contributed by atoms with van der Waals surface area (Å²) in [4.78, 5) is 4.59. The fourth-order valence-corrected chi connectivity index (χ4v) is 2.35. The van der Waals surface area contributed by atoms with Gasteiger partial charge in [0, 0.05) is 30.5 Å². The van der Waals surface area contributed by atoms with Gasteiger partial charge in [-0.2, -0.15) is 5.10 Å². The minimum atomic E-state index is 0.848. The highest BCUT2D eigenvalue weighted by Gasteiger charge is 2.08. The summed E-state index contributed by atoms with van der Waals surface area (Å²) in [6.07, 6.45) is 6.77. The first-order valence-corrected chi connectivity index (χ1v) is 6.97. The lowest BCUT2D eigenvalue weighted by atomic mass is 10.1. The fraction of sp³-hybridized carbons (Fsp3) is 0.250. The second-order valence-corrected chi connectivity index (χ2v) is 4.78. The quantitative estimate of drug-likeness (QED) is 0.722. The van der Waals surface area contributed by atoms with Crippen molar-refractivity contribution < 1.29 is 0 Å². The Labute approximate surface area is 118 Å². The molecule has 3 aromatic rings. The SMILES string of the molecule is CCCNCc1cnc(-n2cccn2)c2ccccc12. The Hall–Kier alpha value is -2.20. The average Bonchev–Trinajstić information content (AvgIpc) is 3.01. The van der Waals surface area contributed by atoms with Crippen molar-refractivity contribution in [1.82, 2.24) is 20.1 Å². The Balaban J connectivity index is 2.06. The lowest BCUT2D eigenvalue weighted by Crippen LogP contribution is -2.14. The van der Waals surface area contributed by atoms with Crippen molar-refractivity contribution in [2.75, 3.05) is 6.54 Å². The van der Waals surface area contributed by atoms with Crippen LogP contribution in [0.3, 0.4) is 0 Å². The van der Waals surface area contributed by atoms with Crippen LogP contribution in [0.4, 0.5) is 0 Å². The van der Waals surface area contributed by atoms with Crippen molar-refractivity contribution in [3.8, 4) is 5.82 Å². The monoisotopic (exact) mass is 266 g/mol. The van der Waals surface area contributed by atoms with Crippen molar-refractivity contribution in [3.05, 3.63) is 54.5 Å². The van der Waals surface area contributed by atoms with E-state index in [0.29, 0.717) is 0 Å². The van der Waals surface area contributed by atoms with E-state index in [1.54, 1.807) is 6.20 Å². The number of nitrogens with zero attached hydrogens (tertiary/aromatic N) is 3. The van der Waals surface area contributed by atoms with Gasteiger partial charge in [0.15, 0.2) is 5.82 Å². The van der Waals surface area contributed by atoms with Crippen LogP contribution in [0.2, 0.25) is 0 Å². The maximum absolute atomic E-state index is 4.59. The smallest absolute Gasteiger partial charge is 0.161 e. The third kappa shape index (κ3) is 2.42. The van der Waals surface area contributed by atoms with Crippen LogP contribution in [-0.4, -0.2) is 21.3 Å². The van der Waals surface area contributed by atoms with E-state index >= 15 is 0 Å². The second-order valence-electron chi connectivity index (χ2n) is 4.78. The number of rotatable bonds is 5. The first kappa shape index (κ1) is 12.8. The van der Waals surface area contributed by atoms with E-state index in [1.165, 1.54) is 10.9 Å². The summed E-state index contributed by atoms with van der Waals surface area (Å²) < 4.78 is 1.81. The van der Waals surface area contributed by atoms with E-state index < -0.39 is 0 Å². The number of aromatic nitrogens is 3. The van der Waals surface area contributed by atoms with Gasteiger partial charge in [-0.3, -0.25) is 0 Å². The highest BCUT2D eigenvalue weighted by atomic mass is 15.3. The zero-order valence-electron chi connectivity index (χ0n) is 11.6. The molecule has 2 aromatic heterocycles. The molecule has 0 saturated carbocycles. The van der Waals surface area contributed by atoms with Gasteiger partial charge in [-0.25, -0.2) is 9.67 Å². The molecule has 0 atom stereocenters. The van der Waals surface area contributed by atoms with Gasteiger partial charge in [0.1, 0.15) is 0 Å². The van der Waals surface area contributed by atoms with E-state index in [-0.39, 0.29) is 0 Å². The fourth-order valence-electron chi connectivity index (χ4n) is 2.35. The predicted molar refractivity (Wildman–Crippen MR) is 80.9 cm³/mol. The van der Waals surface area contributed by atoms with E-state index in [0.717, 1.165) is 30.7 Å². The molecule has 0 amide bonds. The van der Waals surface area contributed by atoms with Crippen LogP contribution in [0, 0.1) is 0 Å². The van der Waals surface area contributed by atoms with Gasteiger partial charge in [0.2, 0.25) is 0 Å². The third-order valence-corrected chi connectivity index (χ3v) is 3.32. The molecule has 102 valence electrons. The molecule has 1 N–H and O–H groups in total. The van der Waals surface area contributed by atoms with Crippen molar-refractivity contribution >= 4 is 10.8 Å². The summed E-state index contributed by atoms with van der Waals surface area (Å²) in [5.41, 5.74) is 1.23. The topological polar surface area (TPSA) is 42.7 Å². The van der Waals surface area contributed by atoms with Gasteiger partial charge in [-0.15, -0.1) is 0 Å². The lowest BCUT2D eigenvalue weighted by Gasteiger charge is -2.11. The van der Waals surface area contributed by atoms with Gasteiger partial charge in [0.05, 0.1) is 0 Å². The first-order chi connectivity index (χ1) is 9.90. The molecule has 4 heteroatoms. The molecule has 2 heterocycles. The number of hydrogen-bond donors (Lipinski definition) is 1. The number of benzene rings is 1. The molecule has 0 aliphatic heterocycles. The first-order valence-electron chi connectivity index (χ1n) is 6.97. The van der Waals surface area contributed by atoms with Crippen molar-refractivity contribution in [2.45, 2.75) is 19.9 Å². The molecule has 0 aliphatic carbocycles. The van der Waals surface area contributed by atoms with Crippen LogP contribution in [-0.2, 0) is 6.54 Å². The largest absolute Gasteiger partial charge is 0.313 e. The molecule has 0 saturated heterocycles. The normalized spacial score (nSPS) is 11.1. The molecular formula is C16H18N4. The number of fused-ring (bicyclic) bond motifs is 1. The van der Waals surface area contributed by atoms with Crippen LogP contribution < -0.4 is 5.32 Å². The maximum atomic E-state index is 4.59. The second kappa shape index (κ2) is 5.84. The highest BCUT2D eigenvalue weighted by Crippen LogP contribution is 2.23. The van der Waals surface area contributed by atoms with E-state index in [9.17, 15) is 0 Å². The summed E-state index contributed by atoms with van der Waals surface area (Å²) >= 11 is 0. The summed E-state index contributed by atoms with van der Waals surface area (Å²) in [6, 6.07) is 10.3.